The third-order valence-electron chi connectivity index (χ3n) is 0.956. The second kappa shape index (κ2) is 1.86. The molecule has 3 nitrogen and oxygen atoms in total. The Morgan fingerprint density at radius 1 is 1.62 bits per heavy atom. The maximum atomic E-state index is 4.01. The minimum absolute atomic E-state index is 0.696. The molecule has 0 radical (unpaired) electrons. The summed E-state index contributed by atoms with van der Waals surface area (Å²) in [5.41, 5.74) is 5.63. The lowest BCUT2D eigenvalue weighted by atomic mass is 10.5. The summed E-state index contributed by atoms with van der Waals surface area (Å²) in [6.07, 6.45) is 0.923. The Bertz CT molecular complexity index is 137. The standard InChI is InChI=1S/C5H9N3/c1-3-5-6-4(2)7-8-5/h7H,2-3H2,1H3,(H,6,8). The predicted molar refractivity (Wildman–Crippen MR) is 33.1 cm³/mol. The van der Waals surface area contributed by atoms with Gasteiger partial charge in [0.05, 0.1) is 0 Å². The van der Waals surface area contributed by atoms with E-state index < -0.39 is 0 Å². The number of amidine groups is 1. The molecule has 3 heteroatoms. The summed E-state index contributed by atoms with van der Waals surface area (Å²) in [5.74, 6) is 1.65. The average Bonchev–Trinajstić information content (AvgIpc) is 2.14. The van der Waals surface area contributed by atoms with Crippen molar-refractivity contribution < 1.29 is 0 Å². The lowest BCUT2D eigenvalue weighted by Crippen LogP contribution is -2.27. The van der Waals surface area contributed by atoms with E-state index in [1.165, 1.54) is 0 Å². The molecular weight excluding hydrogens is 102 g/mol. The first-order valence-electron chi connectivity index (χ1n) is 2.61. The molecule has 0 unspecified atom stereocenters. The van der Waals surface area contributed by atoms with Gasteiger partial charge in [0.25, 0.3) is 0 Å². The fraction of sp³-hybridized carbons (Fsp3) is 0.400. The van der Waals surface area contributed by atoms with Crippen LogP contribution in [0.25, 0.3) is 0 Å². The SMILES string of the molecule is C=C1N=C(CC)NN1. The molecule has 0 atom stereocenters. The zero-order chi connectivity index (χ0) is 5.98. The van der Waals surface area contributed by atoms with Crippen LogP contribution in [0.5, 0.6) is 0 Å². The van der Waals surface area contributed by atoms with Gasteiger partial charge in [0.15, 0.2) is 0 Å². The summed E-state index contributed by atoms with van der Waals surface area (Å²) in [6, 6.07) is 0. The number of hydrogen-bond acceptors (Lipinski definition) is 3. The Labute approximate surface area is 48.5 Å². The first-order valence-corrected chi connectivity index (χ1v) is 2.61. The minimum atomic E-state index is 0.696. The molecule has 0 saturated carbocycles. The highest BCUT2D eigenvalue weighted by molar-refractivity contribution is 5.84. The molecule has 1 heterocycles. The van der Waals surface area contributed by atoms with Crippen molar-refractivity contribution in [1.29, 1.82) is 0 Å². The Balaban J connectivity index is 2.57. The number of nitrogens with zero attached hydrogens (tertiary/aromatic N) is 1. The van der Waals surface area contributed by atoms with Gasteiger partial charge < -0.3 is 0 Å². The summed E-state index contributed by atoms with van der Waals surface area (Å²) in [4.78, 5) is 4.01. The third kappa shape index (κ3) is 0.804. The second-order valence-corrected chi connectivity index (χ2v) is 1.61. The van der Waals surface area contributed by atoms with E-state index in [4.69, 9.17) is 0 Å². The van der Waals surface area contributed by atoms with Crippen molar-refractivity contribution in [3.63, 3.8) is 0 Å². The average molecular weight is 111 g/mol. The number of hydrogen-bond donors (Lipinski definition) is 2. The second-order valence-electron chi connectivity index (χ2n) is 1.61. The monoisotopic (exact) mass is 111 g/mol. The van der Waals surface area contributed by atoms with Crippen molar-refractivity contribution in [2.24, 2.45) is 4.99 Å². The molecule has 0 spiro atoms. The van der Waals surface area contributed by atoms with E-state index in [1.54, 1.807) is 0 Å². The van der Waals surface area contributed by atoms with Gasteiger partial charge in [-0.1, -0.05) is 13.5 Å². The van der Waals surface area contributed by atoms with Crippen LogP contribution in [0.2, 0.25) is 0 Å². The van der Waals surface area contributed by atoms with Crippen LogP contribution in [-0.2, 0) is 0 Å². The molecule has 1 rings (SSSR count). The van der Waals surface area contributed by atoms with Crippen LogP contribution < -0.4 is 10.9 Å². The topological polar surface area (TPSA) is 36.4 Å². The fourth-order valence-corrected chi connectivity index (χ4v) is 0.531. The molecule has 0 aromatic heterocycles. The molecule has 0 aromatic rings. The highest BCUT2D eigenvalue weighted by Crippen LogP contribution is 1.94. The molecule has 0 saturated heterocycles. The van der Waals surface area contributed by atoms with Gasteiger partial charge in [-0.25, -0.2) is 4.99 Å². The lowest BCUT2D eigenvalue weighted by molar-refractivity contribution is 0.804. The molecule has 0 amide bonds. The van der Waals surface area contributed by atoms with Crippen molar-refractivity contribution in [2.45, 2.75) is 13.3 Å². The molecule has 1 aliphatic heterocycles. The van der Waals surface area contributed by atoms with E-state index in [1.807, 2.05) is 6.92 Å². The van der Waals surface area contributed by atoms with E-state index >= 15 is 0 Å². The van der Waals surface area contributed by atoms with Gasteiger partial charge in [0, 0.05) is 6.42 Å². The zero-order valence-electron chi connectivity index (χ0n) is 4.86. The summed E-state index contributed by atoms with van der Waals surface area (Å²) in [7, 11) is 0. The van der Waals surface area contributed by atoms with Gasteiger partial charge in [0.1, 0.15) is 11.7 Å². The molecule has 8 heavy (non-hydrogen) atoms. The smallest absolute Gasteiger partial charge is 0.139 e. The van der Waals surface area contributed by atoms with Gasteiger partial charge in [0.2, 0.25) is 0 Å². The number of rotatable bonds is 1. The number of nitrogens with one attached hydrogen (secondary N) is 2. The summed E-state index contributed by atoms with van der Waals surface area (Å²) >= 11 is 0. The molecule has 0 aliphatic carbocycles. The Morgan fingerprint density at radius 2 is 2.38 bits per heavy atom. The first kappa shape index (κ1) is 5.15. The highest BCUT2D eigenvalue weighted by Gasteiger charge is 2.02. The first-order chi connectivity index (χ1) is 3.83. The molecular formula is C5H9N3. The third-order valence-corrected chi connectivity index (χ3v) is 0.956. The van der Waals surface area contributed by atoms with Crippen LogP contribution in [0.15, 0.2) is 17.4 Å². The minimum Gasteiger partial charge on any atom is -0.286 e. The van der Waals surface area contributed by atoms with E-state index in [0.717, 1.165) is 12.3 Å². The van der Waals surface area contributed by atoms with Crippen LogP contribution in [0, 0.1) is 0 Å². The fourth-order valence-electron chi connectivity index (χ4n) is 0.531. The van der Waals surface area contributed by atoms with E-state index in [2.05, 4.69) is 22.4 Å². The Hall–Kier alpha value is -0.990. The van der Waals surface area contributed by atoms with Gasteiger partial charge in [-0.05, 0) is 0 Å². The van der Waals surface area contributed by atoms with Crippen LogP contribution in [0.1, 0.15) is 13.3 Å². The Morgan fingerprint density at radius 3 is 2.62 bits per heavy atom. The van der Waals surface area contributed by atoms with Crippen molar-refractivity contribution in [2.75, 3.05) is 0 Å². The number of hydrazine groups is 1. The zero-order valence-corrected chi connectivity index (χ0v) is 4.86. The van der Waals surface area contributed by atoms with Crippen molar-refractivity contribution in [3.05, 3.63) is 12.4 Å². The lowest BCUT2D eigenvalue weighted by Gasteiger charge is -1.94. The van der Waals surface area contributed by atoms with Crippen LogP contribution in [-0.4, -0.2) is 5.84 Å². The molecule has 44 valence electrons. The van der Waals surface area contributed by atoms with Crippen molar-refractivity contribution in [1.82, 2.24) is 10.9 Å². The van der Waals surface area contributed by atoms with Gasteiger partial charge >= 0.3 is 0 Å². The summed E-state index contributed by atoms with van der Waals surface area (Å²) in [5, 5.41) is 0. The Kier molecular flexibility index (Phi) is 1.20. The molecule has 0 fully saturated rings. The molecule has 0 aromatic carbocycles. The quantitative estimate of drug-likeness (QED) is 0.513. The summed E-state index contributed by atoms with van der Waals surface area (Å²) < 4.78 is 0. The van der Waals surface area contributed by atoms with E-state index in [9.17, 15) is 0 Å². The van der Waals surface area contributed by atoms with Gasteiger partial charge in [-0.15, -0.1) is 0 Å². The maximum Gasteiger partial charge on any atom is 0.139 e. The van der Waals surface area contributed by atoms with Gasteiger partial charge in [-0.2, -0.15) is 0 Å². The van der Waals surface area contributed by atoms with Crippen LogP contribution >= 0.6 is 0 Å². The predicted octanol–water partition coefficient (Wildman–Crippen LogP) is 0.374. The van der Waals surface area contributed by atoms with Crippen molar-refractivity contribution >= 4 is 5.84 Å². The highest BCUT2D eigenvalue weighted by atomic mass is 15.5. The largest absolute Gasteiger partial charge is 0.286 e. The molecule has 2 N–H and O–H groups in total. The number of aliphatic imine (C=N–C) groups is 1. The van der Waals surface area contributed by atoms with Crippen LogP contribution in [0.4, 0.5) is 0 Å². The molecule has 1 aliphatic rings. The maximum absolute atomic E-state index is 4.01. The van der Waals surface area contributed by atoms with Crippen molar-refractivity contribution in [3.8, 4) is 0 Å². The normalized spacial score (nSPS) is 17.1. The van der Waals surface area contributed by atoms with E-state index in [0.29, 0.717) is 5.82 Å². The van der Waals surface area contributed by atoms with Crippen LogP contribution in [0.3, 0.4) is 0 Å². The summed E-state index contributed by atoms with van der Waals surface area (Å²) in [6.45, 7) is 5.63. The molecule has 0 bridgehead atoms. The van der Waals surface area contributed by atoms with E-state index in [-0.39, 0.29) is 0 Å². The van der Waals surface area contributed by atoms with Gasteiger partial charge in [-0.3, -0.25) is 10.9 Å².